The van der Waals surface area contributed by atoms with E-state index in [-0.39, 0.29) is 23.8 Å². The Labute approximate surface area is 191 Å². The number of piperazine rings is 1. The van der Waals surface area contributed by atoms with E-state index in [1.165, 1.54) is 17.7 Å². The summed E-state index contributed by atoms with van der Waals surface area (Å²) in [5.74, 6) is -0.0702. The van der Waals surface area contributed by atoms with Gasteiger partial charge < -0.3 is 4.90 Å². The Bertz CT molecular complexity index is 1050. The van der Waals surface area contributed by atoms with Gasteiger partial charge in [-0.2, -0.15) is 0 Å². The van der Waals surface area contributed by atoms with Crippen molar-refractivity contribution in [1.82, 2.24) is 25.6 Å². The van der Waals surface area contributed by atoms with Gasteiger partial charge in [-0.1, -0.05) is 30.3 Å². The van der Waals surface area contributed by atoms with E-state index in [1.54, 1.807) is 23.5 Å². The molecule has 3 aromatic rings. The van der Waals surface area contributed by atoms with Gasteiger partial charge in [0.2, 0.25) is 5.91 Å². The number of nitrogens with one attached hydrogen (secondary N) is 2. The molecule has 6 nitrogen and oxygen atoms in total. The summed E-state index contributed by atoms with van der Waals surface area (Å²) < 4.78 is 13.1. The van der Waals surface area contributed by atoms with Gasteiger partial charge in [0.1, 0.15) is 16.9 Å². The Balaban J connectivity index is 1.11. The fraction of sp³-hybridized carbons (Fsp3) is 0.333. The smallest absolute Gasteiger partial charge is 0.241 e. The summed E-state index contributed by atoms with van der Waals surface area (Å²) >= 11 is 1.62. The molecule has 2 aromatic carbocycles. The van der Waals surface area contributed by atoms with Crippen molar-refractivity contribution in [3.8, 4) is 11.3 Å². The van der Waals surface area contributed by atoms with Crippen LogP contribution in [-0.2, 0) is 11.3 Å². The minimum absolute atomic E-state index is 0.159. The molecular weight excluding hydrogens is 425 g/mol. The van der Waals surface area contributed by atoms with Gasteiger partial charge in [-0.3, -0.25) is 9.69 Å². The van der Waals surface area contributed by atoms with Gasteiger partial charge in [0.25, 0.3) is 0 Å². The first kappa shape index (κ1) is 21.2. The third-order valence-electron chi connectivity index (χ3n) is 6.14. The third-order valence-corrected chi connectivity index (χ3v) is 6.97. The molecule has 2 fully saturated rings. The first-order valence-electron chi connectivity index (χ1n) is 10.9. The van der Waals surface area contributed by atoms with Crippen molar-refractivity contribution in [3.05, 3.63) is 76.4 Å². The van der Waals surface area contributed by atoms with Crippen LogP contribution in [0.4, 0.5) is 4.39 Å². The molecule has 1 aromatic heterocycles. The van der Waals surface area contributed by atoms with Crippen LogP contribution in [0.2, 0.25) is 0 Å². The molecule has 32 heavy (non-hydrogen) atoms. The second-order valence-electron chi connectivity index (χ2n) is 8.28. The van der Waals surface area contributed by atoms with Crippen LogP contribution in [0.1, 0.15) is 23.0 Å². The highest BCUT2D eigenvalue weighted by molar-refractivity contribution is 7.09. The van der Waals surface area contributed by atoms with Crippen LogP contribution < -0.4 is 10.9 Å². The van der Waals surface area contributed by atoms with E-state index in [2.05, 4.69) is 27.9 Å². The Kier molecular flexibility index (Phi) is 6.27. The number of nitrogens with zero attached hydrogens (tertiary/aromatic N) is 3. The van der Waals surface area contributed by atoms with E-state index in [0.717, 1.165) is 55.4 Å². The van der Waals surface area contributed by atoms with E-state index in [9.17, 15) is 9.18 Å². The predicted octanol–water partition coefficient (Wildman–Crippen LogP) is 3.20. The fourth-order valence-corrected chi connectivity index (χ4v) is 5.14. The number of hydrogen-bond acceptors (Lipinski definition) is 6. The number of carbonyl (C=O) groups excluding carboxylic acids is 1. The van der Waals surface area contributed by atoms with Crippen molar-refractivity contribution in [3.63, 3.8) is 0 Å². The molecule has 2 atom stereocenters. The number of halogens is 1. The molecule has 3 heterocycles. The molecule has 166 valence electrons. The maximum Gasteiger partial charge on any atom is 0.241 e. The van der Waals surface area contributed by atoms with E-state index in [4.69, 9.17) is 4.98 Å². The Morgan fingerprint density at radius 3 is 2.53 bits per heavy atom. The van der Waals surface area contributed by atoms with Crippen LogP contribution in [0.25, 0.3) is 11.3 Å². The highest BCUT2D eigenvalue weighted by Gasteiger charge is 2.34. The second-order valence-corrected chi connectivity index (χ2v) is 9.22. The van der Waals surface area contributed by atoms with E-state index in [1.807, 2.05) is 28.5 Å². The lowest BCUT2D eigenvalue weighted by Gasteiger charge is -2.35. The number of carbonyl (C=O) groups is 1. The highest BCUT2D eigenvalue weighted by Crippen LogP contribution is 2.25. The lowest BCUT2D eigenvalue weighted by atomic mass is 10.0. The molecule has 1 amide bonds. The molecule has 0 spiro atoms. The standard InChI is InChI=1S/C24H26FN5OS/c25-19-8-6-18(7-9-19)22-16-32-23(26-22)15-29-10-12-30(13-11-29)24(31)21-14-20(27-28-21)17-4-2-1-3-5-17/h1-9,16,20-21,27-28H,10-15H2. The zero-order valence-electron chi connectivity index (χ0n) is 17.7. The summed E-state index contributed by atoms with van der Waals surface area (Å²) in [5.41, 5.74) is 9.46. The first-order chi connectivity index (χ1) is 15.7. The summed E-state index contributed by atoms with van der Waals surface area (Å²) in [7, 11) is 0. The van der Waals surface area contributed by atoms with Crippen LogP contribution in [0.5, 0.6) is 0 Å². The number of hydrazine groups is 1. The molecule has 0 bridgehead atoms. The molecular formula is C24H26FN5OS. The molecule has 8 heteroatoms. The van der Waals surface area contributed by atoms with E-state index in [0.29, 0.717) is 0 Å². The zero-order chi connectivity index (χ0) is 21.9. The topological polar surface area (TPSA) is 60.5 Å². The average Bonchev–Trinajstić information content (AvgIpc) is 3.51. The molecule has 2 saturated heterocycles. The average molecular weight is 452 g/mol. The van der Waals surface area contributed by atoms with E-state index >= 15 is 0 Å². The maximum atomic E-state index is 13.1. The molecule has 2 aliphatic rings. The van der Waals surface area contributed by atoms with Crippen LogP contribution in [-0.4, -0.2) is 52.9 Å². The van der Waals surface area contributed by atoms with Crippen LogP contribution in [0, 0.1) is 5.82 Å². The largest absolute Gasteiger partial charge is 0.339 e. The van der Waals surface area contributed by atoms with Crippen molar-refractivity contribution in [2.75, 3.05) is 26.2 Å². The summed E-state index contributed by atoms with van der Waals surface area (Å²) in [6.07, 6.45) is 0.758. The molecule has 5 rings (SSSR count). The Hall–Kier alpha value is -2.65. The Morgan fingerprint density at radius 2 is 1.78 bits per heavy atom. The van der Waals surface area contributed by atoms with Gasteiger partial charge >= 0.3 is 0 Å². The van der Waals surface area contributed by atoms with E-state index < -0.39 is 0 Å². The first-order valence-corrected chi connectivity index (χ1v) is 11.8. The van der Waals surface area contributed by atoms with Crippen LogP contribution >= 0.6 is 11.3 Å². The minimum Gasteiger partial charge on any atom is -0.339 e. The lowest BCUT2D eigenvalue weighted by molar-refractivity contribution is -0.135. The van der Waals surface area contributed by atoms with Crippen molar-refractivity contribution in [2.45, 2.75) is 25.0 Å². The van der Waals surface area contributed by atoms with Gasteiger partial charge in [0.05, 0.1) is 12.2 Å². The normalized spacial score (nSPS) is 21.7. The molecule has 0 radical (unpaired) electrons. The Morgan fingerprint density at radius 1 is 1.03 bits per heavy atom. The zero-order valence-corrected chi connectivity index (χ0v) is 18.5. The van der Waals surface area contributed by atoms with Gasteiger partial charge in [-0.05, 0) is 36.2 Å². The summed E-state index contributed by atoms with van der Waals surface area (Å²) in [4.78, 5) is 22.0. The van der Waals surface area contributed by atoms with Crippen LogP contribution in [0.15, 0.2) is 60.0 Å². The maximum absolute atomic E-state index is 13.1. The van der Waals surface area contributed by atoms with Gasteiger partial charge in [-0.25, -0.2) is 20.2 Å². The van der Waals surface area contributed by atoms with Crippen molar-refractivity contribution in [2.24, 2.45) is 0 Å². The summed E-state index contributed by atoms with van der Waals surface area (Å²) in [6.45, 7) is 3.89. The SMILES string of the molecule is O=C(C1CC(c2ccccc2)NN1)N1CCN(Cc2nc(-c3ccc(F)cc3)cs2)CC1. The van der Waals surface area contributed by atoms with Crippen molar-refractivity contribution in [1.29, 1.82) is 0 Å². The minimum atomic E-state index is -0.240. The quantitative estimate of drug-likeness (QED) is 0.624. The molecule has 2 aliphatic heterocycles. The predicted molar refractivity (Wildman–Crippen MR) is 123 cm³/mol. The van der Waals surface area contributed by atoms with Gasteiger partial charge in [-0.15, -0.1) is 11.3 Å². The highest BCUT2D eigenvalue weighted by atomic mass is 32.1. The number of hydrogen-bond donors (Lipinski definition) is 2. The second kappa shape index (κ2) is 9.46. The lowest BCUT2D eigenvalue weighted by Crippen LogP contribution is -2.53. The van der Waals surface area contributed by atoms with Crippen molar-refractivity contribution >= 4 is 17.2 Å². The van der Waals surface area contributed by atoms with Crippen molar-refractivity contribution < 1.29 is 9.18 Å². The summed E-state index contributed by atoms with van der Waals surface area (Å²) in [5, 5.41) is 3.06. The fourth-order valence-electron chi connectivity index (χ4n) is 4.30. The number of aromatic nitrogens is 1. The third kappa shape index (κ3) is 4.73. The molecule has 0 aliphatic carbocycles. The number of rotatable bonds is 5. The monoisotopic (exact) mass is 451 g/mol. The number of thiazole rings is 1. The van der Waals surface area contributed by atoms with Gasteiger partial charge in [0, 0.05) is 43.2 Å². The number of amides is 1. The molecule has 2 N–H and O–H groups in total. The summed E-state index contributed by atoms with van der Waals surface area (Å²) in [6, 6.07) is 16.6. The van der Waals surface area contributed by atoms with Gasteiger partial charge in [0.15, 0.2) is 0 Å². The molecule has 0 saturated carbocycles. The van der Waals surface area contributed by atoms with Crippen LogP contribution in [0.3, 0.4) is 0 Å². The number of benzene rings is 2. The molecule has 2 unspecified atom stereocenters.